The summed E-state index contributed by atoms with van der Waals surface area (Å²) in [5.74, 6) is -0.143. The van der Waals surface area contributed by atoms with E-state index in [0.29, 0.717) is 139 Å². The van der Waals surface area contributed by atoms with Crippen LogP contribution in [0.3, 0.4) is 0 Å². The van der Waals surface area contributed by atoms with Gasteiger partial charge in [0.05, 0.1) is 132 Å². The smallest absolute Gasteiger partial charge is 0.305 e. The Morgan fingerprint density at radius 2 is 0.727 bits per heavy atom. The van der Waals surface area contributed by atoms with Gasteiger partial charge in [0.15, 0.2) is 0 Å². The van der Waals surface area contributed by atoms with E-state index in [0.717, 1.165) is 12.8 Å². The number of ether oxygens (including phenoxy) is 11. The van der Waals surface area contributed by atoms with Gasteiger partial charge in [0.25, 0.3) is 0 Å². The fourth-order valence-electron chi connectivity index (χ4n) is 3.48. The van der Waals surface area contributed by atoms with Crippen molar-refractivity contribution in [1.82, 2.24) is 0 Å². The van der Waals surface area contributed by atoms with E-state index in [1.54, 1.807) is 6.08 Å². The normalized spacial score (nSPS) is 11.3. The molecule has 0 N–H and O–H groups in total. The monoisotopic (exact) mass is 638 g/mol. The van der Waals surface area contributed by atoms with Gasteiger partial charge in [-0.3, -0.25) is 4.79 Å². The Balaban J connectivity index is 3.09. The van der Waals surface area contributed by atoms with Crippen LogP contribution in [0, 0.1) is 0 Å². The molecule has 0 aliphatic carbocycles. The molecule has 12 nitrogen and oxygen atoms in total. The fraction of sp³-hybridized carbons (Fsp3) is 0.906. The zero-order chi connectivity index (χ0) is 31.9. The van der Waals surface area contributed by atoms with Gasteiger partial charge in [-0.25, -0.2) is 0 Å². The van der Waals surface area contributed by atoms with Crippen LogP contribution in [0.4, 0.5) is 0 Å². The molecule has 0 aromatic heterocycles. The molecule has 0 spiro atoms. The molecule has 12 heteroatoms. The maximum absolute atomic E-state index is 11.7. The zero-order valence-corrected chi connectivity index (χ0v) is 27.5. The van der Waals surface area contributed by atoms with Gasteiger partial charge in [-0.1, -0.05) is 45.1 Å². The van der Waals surface area contributed by atoms with E-state index in [-0.39, 0.29) is 12.6 Å². The summed E-state index contributed by atoms with van der Waals surface area (Å²) in [5.41, 5.74) is 0. The Bertz CT molecular complexity index is 567. The van der Waals surface area contributed by atoms with Crippen LogP contribution in [0.25, 0.3) is 0 Å². The van der Waals surface area contributed by atoms with Crippen LogP contribution in [0.5, 0.6) is 0 Å². The lowest BCUT2D eigenvalue weighted by atomic mass is 10.1. The van der Waals surface area contributed by atoms with E-state index in [1.165, 1.54) is 25.7 Å². The number of rotatable bonds is 39. The van der Waals surface area contributed by atoms with Crippen molar-refractivity contribution in [2.75, 3.05) is 139 Å². The first kappa shape index (κ1) is 42.8. The van der Waals surface area contributed by atoms with E-state index < -0.39 is 0 Å². The molecule has 44 heavy (non-hydrogen) atoms. The summed E-state index contributed by atoms with van der Waals surface area (Å²) in [6.07, 6.45) is 9.14. The first-order valence-corrected chi connectivity index (χ1v) is 16.3. The Labute approximate surface area is 266 Å². The van der Waals surface area contributed by atoms with Crippen LogP contribution in [0.1, 0.15) is 51.9 Å². The molecule has 0 atom stereocenters. The number of carbonyl (C=O) groups excluding carboxylic acids is 1. The number of unbranched alkanes of at least 4 members (excludes halogenated alkanes) is 5. The molecule has 0 fully saturated rings. The maximum atomic E-state index is 11.7. The lowest BCUT2D eigenvalue weighted by Crippen LogP contribution is -2.15. The van der Waals surface area contributed by atoms with Crippen molar-refractivity contribution in [3.8, 4) is 0 Å². The van der Waals surface area contributed by atoms with Crippen LogP contribution >= 0.6 is 0 Å². The molecule has 262 valence electrons. The molecule has 0 bridgehead atoms. The summed E-state index contributed by atoms with van der Waals surface area (Å²) in [6, 6.07) is 0. The second-order valence-corrected chi connectivity index (χ2v) is 9.61. The predicted molar refractivity (Wildman–Crippen MR) is 167 cm³/mol. The summed E-state index contributed by atoms with van der Waals surface area (Å²) in [6.45, 7) is 16.2. The van der Waals surface area contributed by atoms with Crippen molar-refractivity contribution in [1.29, 1.82) is 0 Å². The predicted octanol–water partition coefficient (Wildman–Crippen LogP) is 3.63. The first-order chi connectivity index (χ1) is 21.8. The van der Waals surface area contributed by atoms with Gasteiger partial charge in [-0.2, -0.15) is 0 Å². The molecule has 0 heterocycles. The fourth-order valence-corrected chi connectivity index (χ4v) is 3.48. The summed E-state index contributed by atoms with van der Waals surface area (Å²) in [5, 5.41) is 0. The third kappa shape index (κ3) is 38.8. The average Bonchev–Trinajstić information content (AvgIpc) is 3.03. The Kier molecular flexibility index (Phi) is 38.8. The second kappa shape index (κ2) is 39.8. The number of hydrogen-bond donors (Lipinski definition) is 0. The highest BCUT2D eigenvalue weighted by molar-refractivity contribution is 5.69. The molecule has 0 saturated carbocycles. The highest BCUT2D eigenvalue weighted by Crippen LogP contribution is 2.07. The third-order valence-electron chi connectivity index (χ3n) is 5.81. The molecule has 0 amide bonds. The maximum Gasteiger partial charge on any atom is 0.305 e. The van der Waals surface area contributed by atoms with Gasteiger partial charge in [-0.15, -0.1) is 6.58 Å². The molecule has 0 rings (SSSR count). The van der Waals surface area contributed by atoms with Crippen molar-refractivity contribution in [3.05, 3.63) is 12.7 Å². The van der Waals surface area contributed by atoms with E-state index in [9.17, 15) is 4.79 Å². The van der Waals surface area contributed by atoms with Crippen LogP contribution in [0.2, 0.25) is 0 Å². The minimum absolute atomic E-state index is 0.143. The second-order valence-electron chi connectivity index (χ2n) is 9.61. The number of esters is 1. The van der Waals surface area contributed by atoms with Crippen molar-refractivity contribution in [2.45, 2.75) is 51.9 Å². The van der Waals surface area contributed by atoms with Gasteiger partial charge in [0.2, 0.25) is 0 Å². The van der Waals surface area contributed by atoms with Crippen molar-refractivity contribution < 1.29 is 56.9 Å². The molecule has 0 radical (unpaired) electrons. The highest BCUT2D eigenvalue weighted by Gasteiger charge is 2.02. The van der Waals surface area contributed by atoms with Crippen molar-refractivity contribution in [2.24, 2.45) is 0 Å². The topological polar surface area (TPSA) is 119 Å². The molecule has 0 aliphatic heterocycles. The summed E-state index contributed by atoms with van der Waals surface area (Å²) < 4.78 is 59.4. The van der Waals surface area contributed by atoms with Gasteiger partial charge in [0.1, 0.15) is 6.61 Å². The van der Waals surface area contributed by atoms with Gasteiger partial charge < -0.3 is 52.1 Å². The van der Waals surface area contributed by atoms with Crippen LogP contribution in [0.15, 0.2) is 12.7 Å². The van der Waals surface area contributed by atoms with Crippen molar-refractivity contribution in [3.63, 3.8) is 0 Å². The van der Waals surface area contributed by atoms with Gasteiger partial charge in [0, 0.05) is 6.42 Å². The van der Waals surface area contributed by atoms with Crippen molar-refractivity contribution >= 4 is 5.97 Å². The van der Waals surface area contributed by atoms with E-state index in [4.69, 9.17) is 52.1 Å². The standard InChI is InChI=1S/C32H62O12/c1-3-5-6-7-8-9-10-32(33)44-31-30-43-29-28-42-27-26-41-25-24-40-23-22-39-21-20-38-19-18-37-17-16-36-15-14-35-13-12-34-11-4-2/h4H,2-3,5-31H2,1H3. The highest BCUT2D eigenvalue weighted by atomic mass is 16.6. The van der Waals surface area contributed by atoms with Gasteiger partial charge in [-0.05, 0) is 6.42 Å². The molecular weight excluding hydrogens is 576 g/mol. The molecule has 0 unspecified atom stereocenters. The average molecular weight is 639 g/mol. The Morgan fingerprint density at radius 1 is 0.432 bits per heavy atom. The molecule has 0 aliphatic rings. The van der Waals surface area contributed by atoms with E-state index in [1.807, 2.05) is 0 Å². The lowest BCUT2D eigenvalue weighted by Gasteiger charge is -2.09. The molecule has 0 aromatic rings. The largest absolute Gasteiger partial charge is 0.463 e. The lowest BCUT2D eigenvalue weighted by molar-refractivity contribution is -0.145. The minimum Gasteiger partial charge on any atom is -0.463 e. The van der Waals surface area contributed by atoms with Gasteiger partial charge >= 0.3 is 5.97 Å². The number of carbonyl (C=O) groups is 1. The summed E-state index contributed by atoms with van der Waals surface area (Å²) in [7, 11) is 0. The van der Waals surface area contributed by atoms with Crippen LogP contribution in [-0.2, 0) is 56.9 Å². The minimum atomic E-state index is -0.143. The Morgan fingerprint density at radius 3 is 1.07 bits per heavy atom. The molecule has 0 aromatic carbocycles. The van der Waals surface area contributed by atoms with E-state index in [2.05, 4.69) is 13.5 Å². The SMILES string of the molecule is C=CCOCCOCCOCCOCCOCCOCCOCCOCCOCCOCCOC(=O)CCCCCCCC. The van der Waals surface area contributed by atoms with Crippen LogP contribution in [-0.4, -0.2) is 145 Å². The first-order valence-electron chi connectivity index (χ1n) is 16.3. The Hall–Kier alpha value is -1.19. The summed E-state index contributed by atoms with van der Waals surface area (Å²) in [4.78, 5) is 11.7. The third-order valence-corrected chi connectivity index (χ3v) is 5.81. The molecular formula is C32H62O12. The van der Waals surface area contributed by atoms with Crippen LogP contribution < -0.4 is 0 Å². The van der Waals surface area contributed by atoms with E-state index >= 15 is 0 Å². The number of hydrogen-bond acceptors (Lipinski definition) is 12. The summed E-state index contributed by atoms with van der Waals surface area (Å²) >= 11 is 0. The quantitative estimate of drug-likeness (QED) is 0.0556. The molecule has 0 saturated heterocycles. The zero-order valence-electron chi connectivity index (χ0n) is 27.5.